The Morgan fingerprint density at radius 2 is 1.91 bits per heavy atom. The fourth-order valence-electron chi connectivity index (χ4n) is 3.85. The van der Waals surface area contributed by atoms with Crippen molar-refractivity contribution in [3.05, 3.63) is 58.9 Å². The van der Waals surface area contributed by atoms with Crippen molar-refractivity contribution in [3.8, 4) is 6.19 Å². The van der Waals surface area contributed by atoms with Crippen LogP contribution in [-0.2, 0) is 17.6 Å². The van der Waals surface area contributed by atoms with Crippen LogP contribution in [0.2, 0.25) is 0 Å². The van der Waals surface area contributed by atoms with E-state index in [1.54, 1.807) is 0 Å². The van der Waals surface area contributed by atoms with Crippen LogP contribution >= 0.6 is 15.9 Å². The number of rotatable bonds is 0. The molecule has 1 spiro atoms. The summed E-state index contributed by atoms with van der Waals surface area (Å²) in [6.45, 7) is 0. The summed E-state index contributed by atoms with van der Waals surface area (Å²) in [6.07, 6.45) is 10.8. The summed E-state index contributed by atoms with van der Waals surface area (Å²) < 4.78 is 6.41. The maximum Gasteiger partial charge on any atom is 0.206 e. The molecular formula is C19H17BrN2O. The highest BCUT2D eigenvalue weighted by molar-refractivity contribution is 9.09. The third-order valence-corrected chi connectivity index (χ3v) is 5.65. The van der Waals surface area contributed by atoms with Crippen LogP contribution in [0.25, 0.3) is 0 Å². The van der Waals surface area contributed by atoms with Crippen LogP contribution in [0, 0.1) is 11.5 Å². The number of benzene rings is 1. The maximum atomic E-state index is 9.19. The molecule has 1 saturated heterocycles. The Morgan fingerprint density at radius 1 is 1.22 bits per heavy atom. The standard InChI is InChI=1S/C19H17BrN2O/c20-15-5-6-17-16(11-15)18(22-12-21)19(23-17)9-7-13-3-1-2-4-14(13)8-10-19/h1-4,6,11,15H,5,7-10H2. The minimum absolute atomic E-state index is 0.284. The van der Waals surface area contributed by atoms with E-state index in [1.807, 2.05) is 6.19 Å². The van der Waals surface area contributed by atoms with Crippen molar-refractivity contribution >= 4 is 21.6 Å². The summed E-state index contributed by atoms with van der Waals surface area (Å²) in [5.74, 6) is 0.903. The average molecular weight is 369 g/mol. The third kappa shape index (κ3) is 2.44. The maximum absolute atomic E-state index is 9.19. The largest absolute Gasteiger partial charge is 0.481 e. The Hall–Kier alpha value is -1.86. The van der Waals surface area contributed by atoms with Crippen LogP contribution in [0.3, 0.4) is 0 Å². The highest BCUT2D eigenvalue weighted by Gasteiger charge is 2.48. The van der Waals surface area contributed by atoms with Crippen molar-refractivity contribution in [2.75, 3.05) is 0 Å². The van der Waals surface area contributed by atoms with E-state index in [2.05, 4.69) is 57.3 Å². The number of aliphatic imine (C=N–C) groups is 1. The predicted molar refractivity (Wildman–Crippen MR) is 93.4 cm³/mol. The summed E-state index contributed by atoms with van der Waals surface area (Å²) in [5.41, 5.74) is 4.15. The zero-order chi connectivity index (χ0) is 15.9. The van der Waals surface area contributed by atoms with Gasteiger partial charge in [0.15, 0.2) is 5.60 Å². The van der Waals surface area contributed by atoms with Gasteiger partial charge in [0.25, 0.3) is 0 Å². The quantitative estimate of drug-likeness (QED) is 0.507. The first-order chi connectivity index (χ1) is 11.2. The molecule has 0 saturated carbocycles. The van der Waals surface area contributed by atoms with E-state index in [4.69, 9.17) is 4.74 Å². The van der Waals surface area contributed by atoms with Crippen molar-refractivity contribution < 1.29 is 4.74 Å². The van der Waals surface area contributed by atoms with Crippen molar-refractivity contribution in [1.82, 2.24) is 0 Å². The first-order valence-electron chi connectivity index (χ1n) is 8.02. The molecule has 1 heterocycles. The van der Waals surface area contributed by atoms with Crippen molar-refractivity contribution in [2.45, 2.75) is 42.5 Å². The van der Waals surface area contributed by atoms with E-state index in [0.717, 1.165) is 49.1 Å². The first-order valence-corrected chi connectivity index (χ1v) is 8.93. The molecule has 1 atom stereocenters. The average Bonchev–Trinajstić information content (AvgIpc) is 2.73. The number of allylic oxidation sites excluding steroid dienone is 3. The molecule has 23 heavy (non-hydrogen) atoms. The summed E-state index contributed by atoms with van der Waals surface area (Å²) in [6, 6.07) is 8.59. The van der Waals surface area contributed by atoms with Gasteiger partial charge in [-0.15, -0.1) is 0 Å². The van der Waals surface area contributed by atoms with Gasteiger partial charge in [-0.3, -0.25) is 0 Å². The molecule has 1 aromatic rings. The lowest BCUT2D eigenvalue weighted by molar-refractivity contribution is 0.0724. The zero-order valence-electron chi connectivity index (χ0n) is 12.8. The van der Waals surface area contributed by atoms with E-state index in [-0.39, 0.29) is 4.83 Å². The Balaban J connectivity index is 1.75. The number of alkyl halides is 1. The molecule has 1 aromatic carbocycles. The van der Waals surface area contributed by atoms with Crippen LogP contribution in [0.15, 0.2) is 52.7 Å². The third-order valence-electron chi connectivity index (χ3n) is 5.01. The van der Waals surface area contributed by atoms with Crippen LogP contribution in [-0.4, -0.2) is 16.1 Å². The Kier molecular flexibility index (Phi) is 3.61. The van der Waals surface area contributed by atoms with Gasteiger partial charge in [0.1, 0.15) is 11.5 Å². The normalized spacial score (nSPS) is 26.4. The van der Waals surface area contributed by atoms with Crippen LogP contribution < -0.4 is 0 Å². The van der Waals surface area contributed by atoms with Gasteiger partial charge in [-0.2, -0.15) is 10.3 Å². The van der Waals surface area contributed by atoms with Gasteiger partial charge in [-0.05, 0) is 49.3 Å². The molecule has 3 nitrogen and oxygen atoms in total. The Bertz CT molecular complexity index is 758. The highest BCUT2D eigenvalue weighted by Crippen LogP contribution is 2.45. The summed E-state index contributed by atoms with van der Waals surface area (Å²) in [7, 11) is 0. The van der Waals surface area contributed by atoms with Crippen LogP contribution in [0.4, 0.5) is 0 Å². The second-order valence-corrected chi connectivity index (χ2v) is 7.50. The lowest BCUT2D eigenvalue weighted by Crippen LogP contribution is -2.36. The van der Waals surface area contributed by atoms with Gasteiger partial charge in [0.05, 0.1) is 0 Å². The molecule has 0 amide bonds. The van der Waals surface area contributed by atoms with E-state index in [9.17, 15) is 5.26 Å². The van der Waals surface area contributed by atoms with Gasteiger partial charge >= 0.3 is 0 Å². The number of halogens is 1. The summed E-state index contributed by atoms with van der Waals surface area (Å²) in [4.78, 5) is 4.48. The second-order valence-electron chi connectivity index (χ2n) is 6.33. The molecule has 2 aliphatic carbocycles. The van der Waals surface area contributed by atoms with Gasteiger partial charge in [-0.25, -0.2) is 0 Å². The molecule has 4 heteroatoms. The minimum atomic E-state index is -0.455. The van der Waals surface area contributed by atoms with Gasteiger partial charge < -0.3 is 4.74 Å². The molecule has 3 aliphatic rings. The molecule has 0 radical (unpaired) electrons. The van der Waals surface area contributed by atoms with Gasteiger partial charge in [-0.1, -0.05) is 46.3 Å². The molecule has 0 bridgehead atoms. The SMILES string of the molecule is N#CN=C1C2=CC(Br)CC=C2OC12CCc1ccccc1CC2. The number of hydrogen-bond donors (Lipinski definition) is 0. The summed E-state index contributed by atoms with van der Waals surface area (Å²) >= 11 is 3.64. The lowest BCUT2D eigenvalue weighted by Gasteiger charge is -2.26. The van der Waals surface area contributed by atoms with Gasteiger partial charge in [0.2, 0.25) is 6.19 Å². The smallest absolute Gasteiger partial charge is 0.206 e. The van der Waals surface area contributed by atoms with E-state index in [0.29, 0.717) is 0 Å². The number of fused-ring (bicyclic) bond motifs is 2. The van der Waals surface area contributed by atoms with E-state index in [1.165, 1.54) is 11.1 Å². The molecule has 1 fully saturated rings. The lowest BCUT2D eigenvalue weighted by atomic mass is 9.85. The molecule has 1 unspecified atom stereocenters. The fourth-order valence-corrected chi connectivity index (χ4v) is 4.30. The topological polar surface area (TPSA) is 45.4 Å². The van der Waals surface area contributed by atoms with Crippen molar-refractivity contribution in [3.63, 3.8) is 0 Å². The fraction of sp³-hybridized carbons (Fsp3) is 0.368. The highest BCUT2D eigenvalue weighted by atomic mass is 79.9. The molecule has 4 rings (SSSR count). The molecule has 0 aromatic heterocycles. The van der Waals surface area contributed by atoms with E-state index < -0.39 is 5.60 Å². The van der Waals surface area contributed by atoms with Crippen molar-refractivity contribution in [2.24, 2.45) is 4.99 Å². The summed E-state index contributed by atoms with van der Waals surface area (Å²) in [5, 5.41) is 9.19. The minimum Gasteiger partial charge on any atom is -0.481 e. The monoisotopic (exact) mass is 368 g/mol. The Morgan fingerprint density at radius 3 is 2.57 bits per heavy atom. The molecule has 0 N–H and O–H groups in total. The van der Waals surface area contributed by atoms with Crippen LogP contribution in [0.1, 0.15) is 30.4 Å². The Labute approximate surface area is 144 Å². The second kappa shape index (κ2) is 5.65. The number of hydrogen-bond acceptors (Lipinski definition) is 3. The number of ether oxygens (including phenoxy) is 1. The molecule has 1 aliphatic heterocycles. The van der Waals surface area contributed by atoms with E-state index >= 15 is 0 Å². The predicted octanol–water partition coefficient (Wildman–Crippen LogP) is 4.23. The zero-order valence-corrected chi connectivity index (χ0v) is 14.3. The molecule has 116 valence electrons. The first kappa shape index (κ1) is 14.7. The number of nitriles is 1. The number of nitrogens with zero attached hydrogens (tertiary/aromatic N) is 2. The van der Waals surface area contributed by atoms with Crippen molar-refractivity contribution in [1.29, 1.82) is 5.26 Å². The molecular weight excluding hydrogens is 352 g/mol. The van der Waals surface area contributed by atoms with Crippen LogP contribution in [0.5, 0.6) is 0 Å². The van der Waals surface area contributed by atoms with Gasteiger partial charge in [0, 0.05) is 10.4 Å². The number of aryl methyl sites for hydroxylation is 2.